The highest BCUT2D eigenvalue weighted by atomic mass is 19.1. The second-order valence-corrected chi connectivity index (χ2v) is 2.72. The van der Waals surface area contributed by atoms with Crippen LogP contribution in [0.2, 0.25) is 0 Å². The van der Waals surface area contributed by atoms with Crippen LogP contribution in [-0.4, -0.2) is 15.0 Å². The van der Waals surface area contributed by atoms with Crippen molar-refractivity contribution < 1.29 is 4.39 Å². The Morgan fingerprint density at radius 1 is 1.33 bits per heavy atom. The van der Waals surface area contributed by atoms with Crippen LogP contribution in [0, 0.1) is 19.7 Å². The summed E-state index contributed by atoms with van der Waals surface area (Å²) in [4.78, 5) is 10.9. The predicted molar refractivity (Wildman–Crippen MR) is 43.3 cm³/mol. The number of nitrogens with one attached hydrogen (secondary N) is 1. The molecule has 1 N–H and O–H groups in total. The van der Waals surface area contributed by atoms with E-state index in [1.165, 1.54) is 6.20 Å². The van der Waals surface area contributed by atoms with Crippen molar-refractivity contribution in [3.63, 3.8) is 0 Å². The lowest BCUT2D eigenvalue weighted by molar-refractivity contribution is 0.638. The minimum absolute atomic E-state index is 0.289. The predicted octanol–water partition coefficient (Wildman–Crippen LogP) is 1.71. The van der Waals surface area contributed by atoms with Crippen molar-refractivity contribution in [3.05, 3.63) is 23.5 Å². The van der Waals surface area contributed by atoms with Crippen LogP contribution in [0.4, 0.5) is 4.39 Å². The minimum Gasteiger partial charge on any atom is -0.343 e. The number of fused-ring (bicyclic) bond motifs is 1. The van der Waals surface area contributed by atoms with Gasteiger partial charge in [0.15, 0.2) is 5.82 Å². The fourth-order valence-corrected chi connectivity index (χ4v) is 1.31. The summed E-state index contributed by atoms with van der Waals surface area (Å²) in [6.07, 6.45) is 1.30. The molecule has 2 aromatic heterocycles. The maximum atomic E-state index is 13.0. The molecule has 0 saturated heterocycles. The molecule has 0 aromatic carbocycles. The van der Waals surface area contributed by atoms with E-state index < -0.39 is 0 Å². The van der Waals surface area contributed by atoms with E-state index in [2.05, 4.69) is 15.0 Å². The second-order valence-electron chi connectivity index (χ2n) is 2.72. The summed E-state index contributed by atoms with van der Waals surface area (Å²) in [6, 6.07) is 0. The minimum atomic E-state index is -0.289. The molecule has 12 heavy (non-hydrogen) atoms. The summed E-state index contributed by atoms with van der Waals surface area (Å²) in [5.74, 6) is 0.365. The molecule has 0 spiro atoms. The fraction of sp³-hybridized carbons (Fsp3) is 0.250. The molecule has 0 atom stereocenters. The Morgan fingerprint density at radius 2 is 2.08 bits per heavy atom. The lowest BCUT2D eigenvalue weighted by atomic mass is 10.3. The van der Waals surface area contributed by atoms with Crippen molar-refractivity contribution in [2.45, 2.75) is 13.8 Å². The van der Waals surface area contributed by atoms with Gasteiger partial charge in [0, 0.05) is 6.20 Å². The summed E-state index contributed by atoms with van der Waals surface area (Å²) in [6.45, 7) is 3.55. The molecule has 62 valence electrons. The molecule has 2 aromatic rings. The van der Waals surface area contributed by atoms with Crippen LogP contribution in [0.1, 0.15) is 11.5 Å². The smallest absolute Gasteiger partial charge is 0.151 e. The van der Waals surface area contributed by atoms with Crippen LogP contribution in [-0.2, 0) is 0 Å². The zero-order chi connectivity index (χ0) is 8.72. The van der Waals surface area contributed by atoms with Gasteiger partial charge in [0.1, 0.15) is 11.5 Å². The number of hydrogen-bond acceptors (Lipinski definition) is 2. The molecule has 0 aliphatic heterocycles. The molecule has 0 saturated carbocycles. The van der Waals surface area contributed by atoms with Gasteiger partial charge < -0.3 is 4.98 Å². The molecule has 3 nitrogen and oxygen atoms in total. The molecule has 2 rings (SSSR count). The van der Waals surface area contributed by atoms with E-state index in [-0.39, 0.29) is 5.82 Å². The molecule has 0 aliphatic carbocycles. The maximum absolute atomic E-state index is 13.0. The van der Waals surface area contributed by atoms with Crippen molar-refractivity contribution in [1.82, 2.24) is 15.0 Å². The number of H-pyrrole nitrogens is 1. The van der Waals surface area contributed by atoms with Crippen LogP contribution >= 0.6 is 0 Å². The van der Waals surface area contributed by atoms with Crippen LogP contribution < -0.4 is 0 Å². The molecular formula is C8H8FN3. The topological polar surface area (TPSA) is 41.6 Å². The third kappa shape index (κ3) is 0.879. The molecule has 0 amide bonds. The molecule has 0 aliphatic rings. The van der Waals surface area contributed by atoms with Crippen LogP contribution in [0.15, 0.2) is 6.20 Å². The van der Waals surface area contributed by atoms with E-state index in [1.54, 1.807) is 13.8 Å². The summed E-state index contributed by atoms with van der Waals surface area (Å²) in [7, 11) is 0. The van der Waals surface area contributed by atoms with E-state index in [0.29, 0.717) is 22.6 Å². The molecule has 4 heteroatoms. The summed E-state index contributed by atoms with van der Waals surface area (Å²) in [5.41, 5.74) is 1.24. The molecule has 0 radical (unpaired) electrons. The quantitative estimate of drug-likeness (QED) is 0.645. The highest BCUT2D eigenvalue weighted by Crippen LogP contribution is 2.17. The molecule has 2 heterocycles. The summed E-state index contributed by atoms with van der Waals surface area (Å²) in [5, 5.41) is 0.487. The number of rotatable bonds is 0. The highest BCUT2D eigenvalue weighted by molar-refractivity contribution is 5.78. The van der Waals surface area contributed by atoms with Gasteiger partial charge in [0.25, 0.3) is 0 Å². The Hall–Kier alpha value is -1.45. The number of nitrogens with zero attached hydrogens (tertiary/aromatic N) is 2. The van der Waals surface area contributed by atoms with Gasteiger partial charge >= 0.3 is 0 Å². The van der Waals surface area contributed by atoms with Crippen molar-refractivity contribution in [3.8, 4) is 0 Å². The average Bonchev–Trinajstić information content (AvgIpc) is 2.31. The number of aryl methyl sites for hydroxylation is 2. The third-order valence-corrected chi connectivity index (χ3v) is 1.78. The molecule has 0 fully saturated rings. The van der Waals surface area contributed by atoms with Gasteiger partial charge in [0.05, 0.1) is 11.1 Å². The third-order valence-electron chi connectivity index (χ3n) is 1.78. The zero-order valence-corrected chi connectivity index (χ0v) is 6.85. The number of aromatic nitrogens is 3. The summed E-state index contributed by atoms with van der Waals surface area (Å²) >= 11 is 0. The van der Waals surface area contributed by atoms with E-state index >= 15 is 0 Å². The average molecular weight is 165 g/mol. The van der Waals surface area contributed by atoms with Crippen molar-refractivity contribution in [1.29, 1.82) is 0 Å². The second kappa shape index (κ2) is 2.27. The van der Waals surface area contributed by atoms with Crippen LogP contribution in [0.5, 0.6) is 0 Å². The van der Waals surface area contributed by atoms with Gasteiger partial charge in [0.2, 0.25) is 0 Å². The lowest BCUT2D eigenvalue weighted by Crippen LogP contribution is -1.92. The molecular weight excluding hydrogens is 157 g/mol. The largest absolute Gasteiger partial charge is 0.343 e. The first-order valence-electron chi connectivity index (χ1n) is 3.66. The van der Waals surface area contributed by atoms with Crippen molar-refractivity contribution in [2.24, 2.45) is 0 Å². The number of hydrogen-bond donors (Lipinski definition) is 1. The van der Waals surface area contributed by atoms with Crippen LogP contribution in [0.3, 0.4) is 0 Å². The number of aromatic amines is 1. The first kappa shape index (κ1) is 7.21. The Balaban J connectivity index is 2.93. The highest BCUT2D eigenvalue weighted by Gasteiger charge is 2.08. The Morgan fingerprint density at radius 3 is 2.83 bits per heavy atom. The first-order valence-corrected chi connectivity index (χ1v) is 3.66. The van der Waals surface area contributed by atoms with Crippen molar-refractivity contribution in [2.75, 3.05) is 0 Å². The maximum Gasteiger partial charge on any atom is 0.151 e. The van der Waals surface area contributed by atoms with Gasteiger partial charge in [-0.05, 0) is 13.8 Å². The Bertz CT molecular complexity index is 433. The monoisotopic (exact) mass is 165 g/mol. The van der Waals surface area contributed by atoms with Gasteiger partial charge in [-0.2, -0.15) is 0 Å². The van der Waals surface area contributed by atoms with E-state index in [4.69, 9.17) is 0 Å². The normalized spacial score (nSPS) is 10.9. The Kier molecular flexibility index (Phi) is 1.36. The number of halogens is 1. The fourth-order valence-electron chi connectivity index (χ4n) is 1.31. The van der Waals surface area contributed by atoms with Gasteiger partial charge in [-0.15, -0.1) is 0 Å². The van der Waals surface area contributed by atoms with Gasteiger partial charge in [-0.3, -0.25) is 0 Å². The van der Waals surface area contributed by atoms with E-state index in [9.17, 15) is 4.39 Å². The van der Waals surface area contributed by atoms with Crippen molar-refractivity contribution >= 4 is 11.0 Å². The first-order chi connectivity index (χ1) is 5.68. The molecule has 0 bridgehead atoms. The zero-order valence-electron chi connectivity index (χ0n) is 6.85. The van der Waals surface area contributed by atoms with Crippen LogP contribution in [0.25, 0.3) is 11.0 Å². The Labute approximate surface area is 68.7 Å². The van der Waals surface area contributed by atoms with Gasteiger partial charge in [-0.1, -0.05) is 0 Å². The van der Waals surface area contributed by atoms with E-state index in [0.717, 1.165) is 0 Å². The standard InChI is InChI=1S/C8H8FN3/c1-4-7-6(9)3-10-8(7)12-5(2)11-4/h3H,1-2H3,(H,10,11,12). The van der Waals surface area contributed by atoms with Gasteiger partial charge in [-0.25, -0.2) is 14.4 Å². The molecule has 0 unspecified atom stereocenters. The van der Waals surface area contributed by atoms with E-state index in [1.807, 2.05) is 0 Å². The summed E-state index contributed by atoms with van der Waals surface area (Å²) < 4.78 is 13.0. The SMILES string of the molecule is Cc1nc(C)c2c(F)c[nH]c2n1. The lowest BCUT2D eigenvalue weighted by Gasteiger charge is -1.96.